The Balaban J connectivity index is 2.22. The molecule has 1 aliphatic rings. The van der Waals surface area contributed by atoms with E-state index in [1.54, 1.807) is 24.4 Å². The standard InChI is InChI=1S/C14H15N3O2/c1-10-4-3-9-16(10)13-7-6-12(17(18)19)11-5-2-8-15-14(11)13/h2,5-8,10H,3-4,9H2,1H3/t10-/m0/s1. The quantitative estimate of drug-likeness (QED) is 0.612. The van der Waals surface area contributed by atoms with Crippen LogP contribution >= 0.6 is 0 Å². The summed E-state index contributed by atoms with van der Waals surface area (Å²) in [5, 5.41) is 11.7. The van der Waals surface area contributed by atoms with Crippen LogP contribution in [0.1, 0.15) is 19.8 Å². The van der Waals surface area contributed by atoms with Crippen LogP contribution in [0.5, 0.6) is 0 Å². The number of hydrogen-bond acceptors (Lipinski definition) is 4. The van der Waals surface area contributed by atoms with Crippen LogP contribution in [0.4, 0.5) is 11.4 Å². The Hall–Kier alpha value is -2.17. The first-order valence-corrected chi connectivity index (χ1v) is 6.47. The fourth-order valence-electron chi connectivity index (χ4n) is 2.82. The lowest BCUT2D eigenvalue weighted by Gasteiger charge is -2.24. The normalized spacial score (nSPS) is 19.0. The van der Waals surface area contributed by atoms with Gasteiger partial charge in [-0.05, 0) is 38.0 Å². The van der Waals surface area contributed by atoms with Crippen LogP contribution in [-0.2, 0) is 0 Å². The average Bonchev–Trinajstić information content (AvgIpc) is 2.83. The van der Waals surface area contributed by atoms with Gasteiger partial charge in [-0.2, -0.15) is 0 Å². The van der Waals surface area contributed by atoms with Gasteiger partial charge in [0.1, 0.15) is 5.52 Å². The third kappa shape index (κ3) is 1.91. The van der Waals surface area contributed by atoms with Crippen LogP contribution in [-0.4, -0.2) is 22.5 Å². The van der Waals surface area contributed by atoms with Crippen LogP contribution in [0, 0.1) is 10.1 Å². The number of nitro benzene ring substituents is 1. The molecule has 5 heteroatoms. The minimum atomic E-state index is -0.346. The Labute approximate surface area is 111 Å². The summed E-state index contributed by atoms with van der Waals surface area (Å²) >= 11 is 0. The largest absolute Gasteiger partial charge is 0.367 e. The Bertz CT molecular complexity index is 642. The summed E-state index contributed by atoms with van der Waals surface area (Å²) < 4.78 is 0. The van der Waals surface area contributed by atoms with E-state index in [2.05, 4.69) is 16.8 Å². The first-order chi connectivity index (χ1) is 9.18. The molecule has 1 aromatic heterocycles. The second-order valence-corrected chi connectivity index (χ2v) is 4.95. The van der Waals surface area contributed by atoms with Gasteiger partial charge in [0.25, 0.3) is 5.69 Å². The third-order valence-electron chi connectivity index (χ3n) is 3.78. The number of fused-ring (bicyclic) bond motifs is 1. The van der Waals surface area contributed by atoms with Crippen molar-refractivity contribution >= 4 is 22.3 Å². The topological polar surface area (TPSA) is 59.3 Å². The highest BCUT2D eigenvalue weighted by atomic mass is 16.6. The summed E-state index contributed by atoms with van der Waals surface area (Å²) in [5.41, 5.74) is 1.86. The number of anilines is 1. The van der Waals surface area contributed by atoms with Crippen molar-refractivity contribution in [2.24, 2.45) is 0 Å². The molecule has 3 rings (SSSR count). The summed E-state index contributed by atoms with van der Waals surface area (Å²) in [6, 6.07) is 7.39. The molecule has 1 aromatic carbocycles. The maximum Gasteiger partial charge on any atom is 0.278 e. The van der Waals surface area contributed by atoms with Crippen LogP contribution in [0.2, 0.25) is 0 Å². The van der Waals surface area contributed by atoms with Crippen molar-refractivity contribution in [3.05, 3.63) is 40.6 Å². The monoisotopic (exact) mass is 257 g/mol. The molecule has 0 radical (unpaired) electrons. The molecule has 1 fully saturated rings. The highest BCUT2D eigenvalue weighted by molar-refractivity contribution is 5.97. The number of rotatable bonds is 2. The molecule has 5 nitrogen and oxygen atoms in total. The number of benzene rings is 1. The van der Waals surface area contributed by atoms with Crippen molar-refractivity contribution in [2.45, 2.75) is 25.8 Å². The Morgan fingerprint density at radius 3 is 2.95 bits per heavy atom. The van der Waals surface area contributed by atoms with Gasteiger partial charge in [-0.25, -0.2) is 0 Å². The van der Waals surface area contributed by atoms with Gasteiger partial charge in [0.15, 0.2) is 0 Å². The lowest BCUT2D eigenvalue weighted by atomic mass is 10.1. The summed E-state index contributed by atoms with van der Waals surface area (Å²) in [4.78, 5) is 17.4. The van der Waals surface area contributed by atoms with Crippen LogP contribution in [0.3, 0.4) is 0 Å². The number of pyridine rings is 1. The molecule has 0 amide bonds. The fourth-order valence-corrected chi connectivity index (χ4v) is 2.82. The second kappa shape index (κ2) is 4.50. The maximum absolute atomic E-state index is 11.1. The summed E-state index contributed by atoms with van der Waals surface area (Å²) in [6.07, 6.45) is 4.01. The van der Waals surface area contributed by atoms with E-state index in [9.17, 15) is 10.1 Å². The Kier molecular flexibility index (Phi) is 2.81. The molecule has 2 aromatic rings. The zero-order valence-corrected chi connectivity index (χ0v) is 10.7. The minimum absolute atomic E-state index is 0.124. The van der Waals surface area contributed by atoms with E-state index in [4.69, 9.17) is 0 Å². The van der Waals surface area contributed by atoms with Gasteiger partial charge in [-0.3, -0.25) is 15.1 Å². The van der Waals surface area contributed by atoms with E-state index < -0.39 is 0 Å². The highest BCUT2D eigenvalue weighted by Gasteiger charge is 2.24. The average molecular weight is 257 g/mol. The molecule has 2 heterocycles. The lowest BCUT2D eigenvalue weighted by Crippen LogP contribution is -2.26. The highest BCUT2D eigenvalue weighted by Crippen LogP contribution is 2.35. The molecule has 0 saturated carbocycles. The van der Waals surface area contributed by atoms with Gasteiger partial charge in [-0.15, -0.1) is 0 Å². The van der Waals surface area contributed by atoms with Crippen molar-refractivity contribution in [1.29, 1.82) is 0 Å². The smallest absolute Gasteiger partial charge is 0.278 e. The lowest BCUT2D eigenvalue weighted by molar-refractivity contribution is -0.383. The number of hydrogen-bond donors (Lipinski definition) is 0. The number of nitrogens with zero attached hydrogens (tertiary/aromatic N) is 3. The van der Waals surface area contributed by atoms with Crippen LogP contribution in [0.15, 0.2) is 30.5 Å². The third-order valence-corrected chi connectivity index (χ3v) is 3.78. The van der Waals surface area contributed by atoms with Crippen molar-refractivity contribution in [3.8, 4) is 0 Å². The van der Waals surface area contributed by atoms with Crippen molar-refractivity contribution in [1.82, 2.24) is 4.98 Å². The molecule has 0 unspecified atom stereocenters. The van der Waals surface area contributed by atoms with Gasteiger partial charge in [-0.1, -0.05) is 0 Å². The maximum atomic E-state index is 11.1. The zero-order valence-electron chi connectivity index (χ0n) is 10.7. The van der Waals surface area contributed by atoms with Crippen molar-refractivity contribution in [3.63, 3.8) is 0 Å². The van der Waals surface area contributed by atoms with E-state index in [1.807, 2.05) is 6.07 Å². The molecule has 0 N–H and O–H groups in total. The Morgan fingerprint density at radius 2 is 2.26 bits per heavy atom. The first-order valence-electron chi connectivity index (χ1n) is 6.47. The zero-order chi connectivity index (χ0) is 13.4. The summed E-state index contributed by atoms with van der Waals surface area (Å²) in [6.45, 7) is 3.17. The number of non-ortho nitro benzene ring substituents is 1. The summed E-state index contributed by atoms with van der Waals surface area (Å²) in [5.74, 6) is 0. The predicted molar refractivity (Wildman–Crippen MR) is 74.4 cm³/mol. The van der Waals surface area contributed by atoms with E-state index >= 15 is 0 Å². The van der Waals surface area contributed by atoms with Crippen molar-refractivity contribution < 1.29 is 4.92 Å². The molecular weight excluding hydrogens is 242 g/mol. The van der Waals surface area contributed by atoms with E-state index in [-0.39, 0.29) is 10.6 Å². The van der Waals surface area contributed by atoms with Gasteiger partial charge in [0.05, 0.1) is 16.0 Å². The molecule has 98 valence electrons. The molecule has 1 saturated heterocycles. The van der Waals surface area contributed by atoms with Crippen molar-refractivity contribution in [2.75, 3.05) is 11.4 Å². The minimum Gasteiger partial charge on any atom is -0.367 e. The summed E-state index contributed by atoms with van der Waals surface area (Å²) in [7, 11) is 0. The SMILES string of the molecule is C[C@H]1CCCN1c1ccc([N+](=O)[O-])c2cccnc12. The second-order valence-electron chi connectivity index (χ2n) is 4.95. The Morgan fingerprint density at radius 1 is 1.42 bits per heavy atom. The van der Waals surface area contributed by atoms with Gasteiger partial charge < -0.3 is 4.90 Å². The number of nitro groups is 1. The van der Waals surface area contributed by atoms with Crippen LogP contribution < -0.4 is 4.90 Å². The number of aromatic nitrogens is 1. The van der Waals surface area contributed by atoms with Gasteiger partial charge in [0.2, 0.25) is 0 Å². The predicted octanol–water partition coefficient (Wildman–Crippen LogP) is 3.13. The first kappa shape index (κ1) is 11.9. The van der Waals surface area contributed by atoms with E-state index in [0.717, 1.165) is 30.6 Å². The van der Waals surface area contributed by atoms with Crippen LogP contribution in [0.25, 0.3) is 10.9 Å². The molecule has 1 atom stereocenters. The van der Waals surface area contributed by atoms with E-state index in [1.165, 1.54) is 0 Å². The molecular formula is C14H15N3O2. The fraction of sp³-hybridized carbons (Fsp3) is 0.357. The molecule has 0 aliphatic carbocycles. The molecule has 1 aliphatic heterocycles. The molecule has 0 bridgehead atoms. The van der Waals surface area contributed by atoms with Gasteiger partial charge in [0, 0.05) is 24.8 Å². The molecule has 0 spiro atoms. The molecule has 19 heavy (non-hydrogen) atoms. The van der Waals surface area contributed by atoms with E-state index in [0.29, 0.717) is 11.4 Å². The van der Waals surface area contributed by atoms with Gasteiger partial charge >= 0.3 is 0 Å².